The highest BCUT2D eigenvalue weighted by atomic mass is 19.1. The number of nitrogens with zero attached hydrogens (tertiary/aromatic N) is 2. The third-order valence-corrected chi connectivity index (χ3v) is 5.24. The minimum atomic E-state index is -0.788. The molecule has 8 nitrogen and oxygen atoms in total. The molecule has 1 aliphatic carbocycles. The molecule has 6 N–H and O–H groups in total. The van der Waals surface area contributed by atoms with Crippen LogP contribution in [0.1, 0.15) is 36.0 Å². The molecule has 0 radical (unpaired) electrons. The zero-order valence-corrected chi connectivity index (χ0v) is 16.3. The summed E-state index contributed by atoms with van der Waals surface area (Å²) < 4.78 is 19.7. The Morgan fingerprint density at radius 1 is 1.17 bits per heavy atom. The minimum Gasteiger partial charge on any atom is -0.472 e. The highest BCUT2D eigenvalue weighted by molar-refractivity contribution is 5.98. The number of amides is 1. The number of aromatic nitrogens is 2. The molecule has 1 amide bonds. The maximum atomic E-state index is 14.6. The molecule has 1 fully saturated rings. The third-order valence-electron chi connectivity index (χ3n) is 5.24. The standard InChI is InChI=1S/C21H23FN6O2/c22-16-8-15(19(24)29)20(28-21(16)27-18-4-2-1-3-17(18)23)26-14-7-13(9-25-10-14)12-5-6-30-11-12/h5-11,17-18H,1-4,23H2,(H2,24,29)(H2,26,27,28)/t17-,18+/m0/s1. The van der Waals surface area contributed by atoms with Gasteiger partial charge in [-0.15, -0.1) is 0 Å². The summed E-state index contributed by atoms with van der Waals surface area (Å²) in [5.74, 6) is -1.27. The van der Waals surface area contributed by atoms with Crippen molar-refractivity contribution in [3.8, 4) is 11.1 Å². The van der Waals surface area contributed by atoms with Crippen molar-refractivity contribution in [3.05, 3.63) is 54.5 Å². The monoisotopic (exact) mass is 410 g/mol. The molecule has 0 bridgehead atoms. The van der Waals surface area contributed by atoms with Crippen LogP contribution in [0.25, 0.3) is 11.1 Å². The Kier molecular flexibility index (Phi) is 5.62. The lowest BCUT2D eigenvalue weighted by molar-refractivity contribution is 0.100. The fraction of sp³-hybridized carbons (Fsp3) is 0.286. The van der Waals surface area contributed by atoms with E-state index in [1.807, 2.05) is 6.07 Å². The summed E-state index contributed by atoms with van der Waals surface area (Å²) >= 11 is 0. The molecule has 3 aromatic heterocycles. The molecule has 0 aliphatic heterocycles. The van der Waals surface area contributed by atoms with E-state index in [9.17, 15) is 9.18 Å². The molecule has 1 saturated carbocycles. The number of furan rings is 1. The Balaban J connectivity index is 1.64. The molecule has 156 valence electrons. The van der Waals surface area contributed by atoms with Crippen molar-refractivity contribution in [2.45, 2.75) is 37.8 Å². The number of primary amides is 1. The molecular weight excluding hydrogens is 387 g/mol. The van der Waals surface area contributed by atoms with Gasteiger partial charge in [0.15, 0.2) is 11.6 Å². The smallest absolute Gasteiger partial charge is 0.252 e. The van der Waals surface area contributed by atoms with Gasteiger partial charge in [0.1, 0.15) is 5.82 Å². The number of nitrogens with two attached hydrogens (primary N) is 2. The lowest BCUT2D eigenvalue weighted by Crippen LogP contribution is -2.43. The predicted octanol–water partition coefficient (Wildman–Crippen LogP) is 3.40. The highest BCUT2D eigenvalue weighted by Crippen LogP contribution is 2.28. The fourth-order valence-electron chi connectivity index (χ4n) is 3.62. The average Bonchev–Trinajstić information content (AvgIpc) is 3.27. The molecule has 1 aliphatic rings. The van der Waals surface area contributed by atoms with Gasteiger partial charge in [0.25, 0.3) is 5.91 Å². The van der Waals surface area contributed by atoms with Crippen molar-refractivity contribution in [1.29, 1.82) is 0 Å². The third kappa shape index (κ3) is 4.25. The van der Waals surface area contributed by atoms with Gasteiger partial charge in [-0.25, -0.2) is 9.37 Å². The molecule has 30 heavy (non-hydrogen) atoms. The zero-order chi connectivity index (χ0) is 21.1. The maximum absolute atomic E-state index is 14.6. The fourth-order valence-corrected chi connectivity index (χ4v) is 3.62. The minimum absolute atomic E-state index is 0.0313. The summed E-state index contributed by atoms with van der Waals surface area (Å²) in [6.45, 7) is 0. The van der Waals surface area contributed by atoms with E-state index in [2.05, 4.69) is 20.6 Å². The zero-order valence-electron chi connectivity index (χ0n) is 16.3. The normalized spacial score (nSPS) is 18.7. The lowest BCUT2D eigenvalue weighted by atomic mass is 9.91. The molecule has 4 rings (SSSR count). The van der Waals surface area contributed by atoms with E-state index in [-0.39, 0.29) is 29.3 Å². The van der Waals surface area contributed by atoms with Crippen LogP contribution in [0.4, 0.5) is 21.7 Å². The summed E-state index contributed by atoms with van der Waals surface area (Å²) in [4.78, 5) is 20.4. The number of anilines is 3. The number of hydrogen-bond donors (Lipinski definition) is 4. The summed E-state index contributed by atoms with van der Waals surface area (Å²) in [5, 5.41) is 6.12. The second kappa shape index (κ2) is 8.50. The van der Waals surface area contributed by atoms with Crippen LogP contribution < -0.4 is 22.1 Å². The second-order valence-electron chi connectivity index (χ2n) is 7.38. The van der Waals surface area contributed by atoms with Crippen molar-refractivity contribution in [3.63, 3.8) is 0 Å². The van der Waals surface area contributed by atoms with Gasteiger partial charge >= 0.3 is 0 Å². The van der Waals surface area contributed by atoms with E-state index in [4.69, 9.17) is 15.9 Å². The molecular formula is C21H23FN6O2. The number of pyridine rings is 2. The van der Waals surface area contributed by atoms with Crippen LogP contribution >= 0.6 is 0 Å². The van der Waals surface area contributed by atoms with Crippen molar-refractivity contribution >= 4 is 23.2 Å². The maximum Gasteiger partial charge on any atom is 0.252 e. The Bertz CT molecular complexity index is 1040. The van der Waals surface area contributed by atoms with Crippen LogP contribution in [0.3, 0.4) is 0 Å². The van der Waals surface area contributed by atoms with Crippen LogP contribution in [0.5, 0.6) is 0 Å². The molecule has 0 aromatic carbocycles. The largest absolute Gasteiger partial charge is 0.472 e. The molecule has 3 heterocycles. The molecule has 0 unspecified atom stereocenters. The van der Waals surface area contributed by atoms with E-state index < -0.39 is 11.7 Å². The summed E-state index contributed by atoms with van der Waals surface area (Å²) in [5.41, 5.74) is 13.8. The molecule has 3 aromatic rings. The van der Waals surface area contributed by atoms with Crippen LogP contribution in [-0.4, -0.2) is 28.0 Å². The first-order valence-corrected chi connectivity index (χ1v) is 9.78. The van der Waals surface area contributed by atoms with Crippen LogP contribution in [-0.2, 0) is 0 Å². The SMILES string of the molecule is NC(=O)c1cc(F)c(N[C@@H]2CCCC[C@@H]2N)nc1Nc1cncc(-c2ccoc2)c1. The van der Waals surface area contributed by atoms with E-state index in [0.717, 1.165) is 42.9 Å². The molecule has 0 saturated heterocycles. The highest BCUT2D eigenvalue weighted by Gasteiger charge is 2.24. The van der Waals surface area contributed by atoms with Gasteiger partial charge in [0.2, 0.25) is 0 Å². The van der Waals surface area contributed by atoms with Gasteiger partial charge in [-0.05, 0) is 31.0 Å². The summed E-state index contributed by atoms with van der Waals surface area (Å²) in [6, 6.07) is 4.54. The second-order valence-corrected chi connectivity index (χ2v) is 7.38. The van der Waals surface area contributed by atoms with E-state index in [0.29, 0.717) is 5.69 Å². The Morgan fingerprint density at radius 2 is 2.00 bits per heavy atom. The Hall–Kier alpha value is -3.46. The van der Waals surface area contributed by atoms with Gasteiger partial charge in [-0.1, -0.05) is 12.8 Å². The van der Waals surface area contributed by atoms with Crippen molar-refractivity contribution in [1.82, 2.24) is 9.97 Å². The first-order valence-electron chi connectivity index (χ1n) is 9.78. The summed E-state index contributed by atoms with van der Waals surface area (Å²) in [7, 11) is 0. The van der Waals surface area contributed by atoms with E-state index in [1.54, 1.807) is 31.0 Å². The number of hydrogen-bond acceptors (Lipinski definition) is 7. The quantitative estimate of drug-likeness (QED) is 0.489. The van der Waals surface area contributed by atoms with Crippen molar-refractivity contribution < 1.29 is 13.6 Å². The number of rotatable bonds is 6. The topological polar surface area (TPSA) is 132 Å². The number of carbonyl (C=O) groups is 1. The molecule has 9 heteroatoms. The van der Waals surface area contributed by atoms with Gasteiger partial charge in [-0.3, -0.25) is 9.78 Å². The molecule has 0 spiro atoms. The van der Waals surface area contributed by atoms with E-state index in [1.165, 1.54) is 0 Å². The van der Waals surface area contributed by atoms with Crippen molar-refractivity contribution in [2.24, 2.45) is 11.5 Å². The van der Waals surface area contributed by atoms with Crippen LogP contribution in [0, 0.1) is 5.82 Å². The first kappa shape index (κ1) is 19.8. The van der Waals surface area contributed by atoms with Gasteiger partial charge in [-0.2, -0.15) is 0 Å². The Labute approximate surface area is 172 Å². The van der Waals surface area contributed by atoms with Gasteiger partial charge in [0.05, 0.1) is 30.0 Å². The first-order chi connectivity index (χ1) is 14.5. The predicted molar refractivity (Wildman–Crippen MR) is 112 cm³/mol. The Morgan fingerprint density at radius 3 is 2.73 bits per heavy atom. The number of nitrogens with one attached hydrogen (secondary N) is 2. The van der Waals surface area contributed by atoms with Crippen LogP contribution in [0.2, 0.25) is 0 Å². The summed E-state index contributed by atoms with van der Waals surface area (Å²) in [6.07, 6.45) is 10.2. The van der Waals surface area contributed by atoms with E-state index >= 15 is 0 Å². The lowest BCUT2D eigenvalue weighted by Gasteiger charge is -2.30. The van der Waals surface area contributed by atoms with Crippen molar-refractivity contribution in [2.75, 3.05) is 10.6 Å². The average molecular weight is 410 g/mol. The van der Waals surface area contributed by atoms with Gasteiger partial charge in [0, 0.05) is 29.4 Å². The number of carbonyl (C=O) groups excluding carboxylic acids is 1. The molecule has 2 atom stereocenters. The van der Waals surface area contributed by atoms with Crippen LogP contribution in [0.15, 0.2) is 47.5 Å². The van der Waals surface area contributed by atoms with Gasteiger partial charge < -0.3 is 26.5 Å². The number of halogens is 1.